The molecular weight excluding hydrogens is 340 g/mol. The number of H-pyrrole nitrogens is 1. The molecular formula is C16H18N6O2S. The molecule has 2 aromatic heterocycles. The van der Waals surface area contributed by atoms with Crippen LogP contribution in [-0.4, -0.2) is 45.7 Å². The summed E-state index contributed by atoms with van der Waals surface area (Å²) in [6.45, 7) is 1.74. The maximum Gasteiger partial charge on any atom is 0.243 e. The molecule has 25 heavy (non-hydrogen) atoms. The Morgan fingerprint density at radius 3 is 2.60 bits per heavy atom. The van der Waals surface area contributed by atoms with E-state index in [1.54, 1.807) is 22.8 Å². The molecule has 1 aliphatic heterocycles. The van der Waals surface area contributed by atoms with Gasteiger partial charge in [0, 0.05) is 19.6 Å². The first kappa shape index (κ1) is 16.0. The Bertz CT molecular complexity index is 977. The molecule has 0 radical (unpaired) electrons. The van der Waals surface area contributed by atoms with Crippen molar-refractivity contribution in [3.63, 3.8) is 0 Å². The largest absolute Gasteiger partial charge is 0.364 e. The molecule has 1 saturated heterocycles. The van der Waals surface area contributed by atoms with Crippen LogP contribution in [0.5, 0.6) is 0 Å². The highest BCUT2D eigenvalue weighted by atomic mass is 32.2. The summed E-state index contributed by atoms with van der Waals surface area (Å²) >= 11 is 0. The number of aromatic nitrogens is 4. The fraction of sp³-hybridized carbons (Fsp3) is 0.312. The number of nitrogens with zero attached hydrogens (tertiary/aromatic N) is 4. The topological polar surface area (TPSA) is 104 Å². The van der Waals surface area contributed by atoms with Gasteiger partial charge in [0.15, 0.2) is 11.5 Å². The van der Waals surface area contributed by atoms with Crippen LogP contribution in [0.25, 0.3) is 11.2 Å². The Morgan fingerprint density at radius 1 is 1.08 bits per heavy atom. The molecule has 3 heterocycles. The molecule has 1 aromatic carbocycles. The fourth-order valence-electron chi connectivity index (χ4n) is 2.94. The molecule has 0 saturated carbocycles. The zero-order valence-corrected chi connectivity index (χ0v) is 14.3. The van der Waals surface area contributed by atoms with Crippen molar-refractivity contribution in [3.8, 4) is 0 Å². The number of rotatable bonds is 5. The third-order valence-corrected chi connectivity index (χ3v) is 6.22. The molecule has 0 atom stereocenters. The minimum absolute atomic E-state index is 0.344. The van der Waals surface area contributed by atoms with E-state index < -0.39 is 10.0 Å². The van der Waals surface area contributed by atoms with Crippen molar-refractivity contribution in [2.45, 2.75) is 24.3 Å². The maximum atomic E-state index is 12.5. The third kappa shape index (κ3) is 3.08. The zero-order chi connectivity index (χ0) is 17.3. The van der Waals surface area contributed by atoms with Crippen molar-refractivity contribution in [2.24, 2.45) is 0 Å². The lowest BCUT2D eigenvalue weighted by Gasteiger charge is -2.15. The summed E-state index contributed by atoms with van der Waals surface area (Å²) in [4.78, 5) is 15.7. The highest BCUT2D eigenvalue weighted by Crippen LogP contribution is 2.21. The first-order valence-electron chi connectivity index (χ1n) is 8.12. The van der Waals surface area contributed by atoms with Crippen LogP contribution in [-0.2, 0) is 16.6 Å². The van der Waals surface area contributed by atoms with Crippen molar-refractivity contribution in [1.29, 1.82) is 0 Å². The second kappa shape index (κ2) is 6.41. The Hall–Kier alpha value is -2.52. The van der Waals surface area contributed by atoms with Crippen LogP contribution in [0.1, 0.15) is 18.4 Å². The van der Waals surface area contributed by atoms with Crippen molar-refractivity contribution in [3.05, 3.63) is 42.5 Å². The molecule has 0 spiro atoms. The average Bonchev–Trinajstić information content (AvgIpc) is 3.32. The van der Waals surface area contributed by atoms with E-state index >= 15 is 0 Å². The van der Waals surface area contributed by atoms with E-state index in [0.29, 0.717) is 36.0 Å². The van der Waals surface area contributed by atoms with Gasteiger partial charge in [-0.25, -0.2) is 23.4 Å². The van der Waals surface area contributed by atoms with Crippen molar-refractivity contribution < 1.29 is 8.42 Å². The highest BCUT2D eigenvalue weighted by Gasteiger charge is 2.26. The summed E-state index contributed by atoms with van der Waals surface area (Å²) in [6.07, 6.45) is 4.89. The maximum absolute atomic E-state index is 12.5. The number of aromatic amines is 1. The quantitative estimate of drug-likeness (QED) is 0.720. The normalized spacial score (nSPS) is 15.7. The van der Waals surface area contributed by atoms with Crippen molar-refractivity contribution in [2.75, 3.05) is 18.4 Å². The van der Waals surface area contributed by atoms with Gasteiger partial charge in [-0.15, -0.1) is 0 Å². The van der Waals surface area contributed by atoms with Gasteiger partial charge in [0.2, 0.25) is 10.0 Å². The standard InChI is InChI=1S/C16H18N6O2S/c23-25(24,22-7-1-2-8-22)13-5-3-12(4-6-13)9-17-15-14-16(19-10-18-14)21-11-20-15/h3-6,10-11H,1-2,7-9H2,(H2,17,18,19,20,21). The number of hydrogen-bond acceptors (Lipinski definition) is 6. The lowest BCUT2D eigenvalue weighted by Crippen LogP contribution is -2.27. The van der Waals surface area contributed by atoms with Crippen LogP contribution < -0.4 is 5.32 Å². The number of fused-ring (bicyclic) bond motifs is 1. The first-order valence-corrected chi connectivity index (χ1v) is 9.56. The Labute approximate surface area is 145 Å². The first-order chi connectivity index (χ1) is 12.1. The van der Waals surface area contributed by atoms with E-state index in [1.807, 2.05) is 12.1 Å². The smallest absolute Gasteiger partial charge is 0.243 e. The van der Waals surface area contributed by atoms with Gasteiger partial charge < -0.3 is 10.3 Å². The van der Waals surface area contributed by atoms with E-state index in [2.05, 4.69) is 25.3 Å². The van der Waals surface area contributed by atoms with E-state index in [9.17, 15) is 8.42 Å². The molecule has 0 bridgehead atoms. The number of nitrogens with one attached hydrogen (secondary N) is 2. The summed E-state index contributed by atoms with van der Waals surface area (Å²) in [6, 6.07) is 6.97. The summed E-state index contributed by atoms with van der Waals surface area (Å²) in [5, 5.41) is 3.22. The van der Waals surface area contributed by atoms with Crippen LogP contribution in [0.15, 0.2) is 41.8 Å². The van der Waals surface area contributed by atoms with Crippen LogP contribution in [0, 0.1) is 0 Å². The van der Waals surface area contributed by atoms with Gasteiger partial charge in [-0.2, -0.15) is 4.31 Å². The molecule has 0 unspecified atom stereocenters. The number of benzene rings is 1. The molecule has 3 aromatic rings. The summed E-state index contributed by atoms with van der Waals surface area (Å²) in [5.74, 6) is 0.663. The second-order valence-corrected chi connectivity index (χ2v) is 7.87. The van der Waals surface area contributed by atoms with Crippen LogP contribution in [0.3, 0.4) is 0 Å². The summed E-state index contributed by atoms with van der Waals surface area (Å²) in [7, 11) is -3.36. The zero-order valence-electron chi connectivity index (χ0n) is 13.5. The predicted molar refractivity (Wildman–Crippen MR) is 93.4 cm³/mol. The Morgan fingerprint density at radius 2 is 1.84 bits per heavy atom. The number of hydrogen-bond donors (Lipinski definition) is 2. The number of sulfonamides is 1. The van der Waals surface area contributed by atoms with Gasteiger partial charge in [-0.05, 0) is 30.5 Å². The third-order valence-electron chi connectivity index (χ3n) is 4.31. The van der Waals surface area contributed by atoms with E-state index in [4.69, 9.17) is 0 Å². The minimum Gasteiger partial charge on any atom is -0.364 e. The van der Waals surface area contributed by atoms with Crippen LogP contribution in [0.4, 0.5) is 5.82 Å². The molecule has 0 aliphatic carbocycles. The van der Waals surface area contributed by atoms with Gasteiger partial charge in [0.1, 0.15) is 11.8 Å². The molecule has 2 N–H and O–H groups in total. The molecule has 8 nitrogen and oxygen atoms in total. The Kier molecular flexibility index (Phi) is 4.10. The fourth-order valence-corrected chi connectivity index (χ4v) is 4.46. The summed E-state index contributed by atoms with van der Waals surface area (Å²) in [5.41, 5.74) is 2.31. The summed E-state index contributed by atoms with van der Waals surface area (Å²) < 4.78 is 26.6. The monoisotopic (exact) mass is 358 g/mol. The Balaban J connectivity index is 1.48. The van der Waals surface area contributed by atoms with Gasteiger partial charge in [0.05, 0.1) is 11.2 Å². The second-order valence-electron chi connectivity index (χ2n) is 5.93. The van der Waals surface area contributed by atoms with Gasteiger partial charge in [-0.3, -0.25) is 0 Å². The van der Waals surface area contributed by atoms with E-state index in [1.165, 1.54) is 6.33 Å². The lowest BCUT2D eigenvalue weighted by molar-refractivity contribution is 0.477. The molecule has 1 aliphatic rings. The van der Waals surface area contributed by atoms with Crippen molar-refractivity contribution in [1.82, 2.24) is 24.2 Å². The van der Waals surface area contributed by atoms with Crippen LogP contribution >= 0.6 is 0 Å². The van der Waals surface area contributed by atoms with Gasteiger partial charge >= 0.3 is 0 Å². The predicted octanol–water partition coefficient (Wildman–Crippen LogP) is 1.75. The average molecular weight is 358 g/mol. The molecule has 1 fully saturated rings. The van der Waals surface area contributed by atoms with Gasteiger partial charge in [0.25, 0.3) is 0 Å². The number of anilines is 1. The lowest BCUT2D eigenvalue weighted by atomic mass is 10.2. The molecule has 9 heteroatoms. The minimum atomic E-state index is -3.36. The van der Waals surface area contributed by atoms with Crippen LogP contribution in [0.2, 0.25) is 0 Å². The molecule has 0 amide bonds. The number of imidazole rings is 1. The molecule has 130 valence electrons. The van der Waals surface area contributed by atoms with E-state index in [0.717, 1.165) is 23.9 Å². The van der Waals surface area contributed by atoms with E-state index in [-0.39, 0.29) is 0 Å². The molecule has 4 rings (SSSR count). The highest BCUT2D eigenvalue weighted by molar-refractivity contribution is 7.89. The van der Waals surface area contributed by atoms with Gasteiger partial charge in [-0.1, -0.05) is 12.1 Å². The van der Waals surface area contributed by atoms with Crippen molar-refractivity contribution >= 4 is 27.0 Å². The SMILES string of the molecule is O=S(=O)(c1ccc(CNc2ncnc3nc[nH]c23)cc1)N1CCCC1.